The molecule has 0 aromatic carbocycles. The first-order chi connectivity index (χ1) is 17.3. The highest BCUT2D eigenvalue weighted by molar-refractivity contribution is 4.99. The lowest BCUT2D eigenvalue weighted by molar-refractivity contribution is -0.310. The first-order valence-electron chi connectivity index (χ1n) is 16.6. The van der Waals surface area contributed by atoms with Crippen molar-refractivity contribution in [1.29, 1.82) is 0 Å². The van der Waals surface area contributed by atoms with E-state index in [1.54, 1.807) is 0 Å². The van der Waals surface area contributed by atoms with Gasteiger partial charge in [0.15, 0.2) is 0 Å². The van der Waals surface area contributed by atoms with E-state index in [0.717, 1.165) is 0 Å². The first-order valence-corrected chi connectivity index (χ1v) is 16.6. The summed E-state index contributed by atoms with van der Waals surface area (Å²) in [6, 6.07) is 0.609. The van der Waals surface area contributed by atoms with Gasteiger partial charge in [0.05, 0.1) is 6.10 Å². The third-order valence-corrected chi connectivity index (χ3v) is 8.86. The summed E-state index contributed by atoms with van der Waals surface area (Å²) in [4.78, 5) is 6.66. The molecule has 0 aromatic heterocycles. The number of nitrogens with zero attached hydrogens (tertiary/aromatic N) is 1. The molecule has 0 spiro atoms. The van der Waals surface area contributed by atoms with Crippen molar-refractivity contribution in [1.82, 2.24) is 10.4 Å². The quantitative estimate of drug-likeness (QED) is 0.166. The van der Waals surface area contributed by atoms with Crippen LogP contribution in [0.2, 0.25) is 0 Å². The van der Waals surface area contributed by atoms with Crippen LogP contribution in [0.4, 0.5) is 0 Å². The number of hydrogen-bond donors (Lipinski definition) is 1. The van der Waals surface area contributed by atoms with Crippen molar-refractivity contribution in [2.75, 3.05) is 6.54 Å². The van der Waals surface area contributed by atoms with Crippen LogP contribution in [0.1, 0.15) is 182 Å². The second-order valence-corrected chi connectivity index (χ2v) is 13.6. The Balaban J connectivity index is 1.44. The number of unbranched alkanes of at least 4 members (excludes halogenated alkanes) is 15. The van der Waals surface area contributed by atoms with Crippen LogP contribution >= 0.6 is 0 Å². The van der Waals surface area contributed by atoms with Crippen molar-refractivity contribution >= 4 is 0 Å². The average molecular weight is 507 g/mol. The molecule has 1 aliphatic carbocycles. The summed E-state index contributed by atoms with van der Waals surface area (Å²) in [5, 5.41) is 6.32. The smallest absolute Gasteiger partial charge is 0.0793 e. The molecule has 214 valence electrons. The maximum atomic E-state index is 6.66. The molecule has 0 aromatic rings. The molecule has 3 heteroatoms. The molecule has 0 amide bonds. The lowest BCUT2D eigenvalue weighted by atomic mass is 9.79. The summed E-state index contributed by atoms with van der Waals surface area (Å²) in [7, 11) is 0. The monoisotopic (exact) mass is 507 g/mol. The number of hydroxylamine groups is 2. The van der Waals surface area contributed by atoms with Gasteiger partial charge in [0.2, 0.25) is 0 Å². The Kier molecular flexibility index (Phi) is 16.2. The van der Waals surface area contributed by atoms with Crippen molar-refractivity contribution in [2.24, 2.45) is 0 Å². The van der Waals surface area contributed by atoms with Gasteiger partial charge < -0.3 is 5.32 Å². The molecule has 1 saturated heterocycles. The molecule has 2 fully saturated rings. The van der Waals surface area contributed by atoms with Gasteiger partial charge in [-0.15, -0.1) is 0 Å². The lowest BCUT2D eigenvalue weighted by Crippen LogP contribution is -2.64. The van der Waals surface area contributed by atoms with Crippen LogP contribution in [-0.2, 0) is 4.84 Å². The normalized spacial score (nSPS) is 21.2. The van der Waals surface area contributed by atoms with Crippen LogP contribution in [0.3, 0.4) is 0 Å². The van der Waals surface area contributed by atoms with Gasteiger partial charge in [0.1, 0.15) is 0 Å². The largest absolute Gasteiger partial charge is 0.314 e. The molecule has 0 bridgehead atoms. The van der Waals surface area contributed by atoms with Crippen molar-refractivity contribution in [2.45, 2.75) is 206 Å². The van der Waals surface area contributed by atoms with E-state index in [9.17, 15) is 0 Å². The van der Waals surface area contributed by atoms with Gasteiger partial charge in [-0.1, -0.05) is 122 Å². The van der Waals surface area contributed by atoms with Gasteiger partial charge in [-0.25, -0.2) is 0 Å². The fourth-order valence-electron chi connectivity index (χ4n) is 6.99. The minimum absolute atomic E-state index is 0.0888. The zero-order valence-electron chi connectivity index (χ0n) is 25.5. The molecule has 1 aliphatic heterocycles. The molecular weight excluding hydrogens is 440 g/mol. The van der Waals surface area contributed by atoms with Crippen molar-refractivity contribution < 1.29 is 4.84 Å². The Bertz CT molecular complexity index is 508. The van der Waals surface area contributed by atoms with Gasteiger partial charge >= 0.3 is 0 Å². The Morgan fingerprint density at radius 1 is 0.611 bits per heavy atom. The Hall–Kier alpha value is -0.120. The van der Waals surface area contributed by atoms with Crippen LogP contribution in [0, 0.1) is 0 Å². The maximum Gasteiger partial charge on any atom is 0.0793 e. The number of rotatable bonds is 20. The van der Waals surface area contributed by atoms with Gasteiger partial charge in [0, 0.05) is 17.1 Å². The predicted molar refractivity (Wildman–Crippen MR) is 159 cm³/mol. The van der Waals surface area contributed by atoms with E-state index in [2.05, 4.69) is 45.0 Å². The molecule has 2 rings (SSSR count). The van der Waals surface area contributed by atoms with E-state index in [1.807, 2.05) is 0 Å². The number of hydrogen-bond acceptors (Lipinski definition) is 3. The van der Waals surface area contributed by atoms with Crippen LogP contribution < -0.4 is 5.32 Å². The Morgan fingerprint density at radius 3 is 1.47 bits per heavy atom. The summed E-state index contributed by atoms with van der Waals surface area (Å²) < 4.78 is 0. The Labute approximate surface area is 227 Å². The van der Waals surface area contributed by atoms with E-state index in [1.165, 1.54) is 154 Å². The highest BCUT2D eigenvalue weighted by Gasteiger charge is 2.47. The Morgan fingerprint density at radius 2 is 1.03 bits per heavy atom. The van der Waals surface area contributed by atoms with Crippen LogP contribution in [0.25, 0.3) is 0 Å². The zero-order valence-corrected chi connectivity index (χ0v) is 25.5. The first kappa shape index (κ1) is 32.1. The molecule has 0 atom stereocenters. The molecule has 0 unspecified atom stereocenters. The highest BCUT2D eigenvalue weighted by atomic mass is 16.7. The zero-order chi connectivity index (χ0) is 26.1. The third-order valence-electron chi connectivity index (χ3n) is 8.86. The van der Waals surface area contributed by atoms with E-state index in [0.29, 0.717) is 12.1 Å². The van der Waals surface area contributed by atoms with Crippen LogP contribution in [0.5, 0.6) is 0 Å². The standard InChI is InChI=1S/C33H66N2O/c1-6-7-8-9-10-11-12-13-14-15-16-17-18-19-20-24-27-34-30-28-32(2,3)35(33(4,5)29-30)36-31-25-22-21-23-26-31/h30-31,34H,6-29H2,1-5H3. The maximum absolute atomic E-state index is 6.66. The summed E-state index contributed by atoms with van der Waals surface area (Å²) in [6.45, 7) is 13.0. The van der Waals surface area contributed by atoms with E-state index in [-0.39, 0.29) is 11.1 Å². The average Bonchev–Trinajstić information content (AvgIpc) is 2.83. The fourth-order valence-corrected chi connectivity index (χ4v) is 6.99. The SMILES string of the molecule is CCCCCCCCCCCCCCCCCCNC1CC(C)(C)N(OC2CCCCC2)C(C)(C)C1. The summed E-state index contributed by atoms with van der Waals surface area (Å²) in [5.41, 5.74) is 0.178. The summed E-state index contributed by atoms with van der Waals surface area (Å²) in [5.74, 6) is 0. The van der Waals surface area contributed by atoms with Gasteiger partial charge in [-0.3, -0.25) is 4.84 Å². The molecule has 1 N–H and O–H groups in total. The highest BCUT2D eigenvalue weighted by Crippen LogP contribution is 2.40. The molecule has 3 nitrogen and oxygen atoms in total. The van der Waals surface area contributed by atoms with Crippen molar-refractivity contribution in [3.63, 3.8) is 0 Å². The number of nitrogens with one attached hydrogen (secondary N) is 1. The molecule has 2 aliphatic rings. The lowest BCUT2D eigenvalue weighted by Gasteiger charge is -2.55. The van der Waals surface area contributed by atoms with Gasteiger partial charge in [0.25, 0.3) is 0 Å². The fraction of sp³-hybridized carbons (Fsp3) is 1.00. The van der Waals surface area contributed by atoms with Crippen LogP contribution in [0.15, 0.2) is 0 Å². The molecular formula is C33H66N2O. The minimum Gasteiger partial charge on any atom is -0.314 e. The topological polar surface area (TPSA) is 24.5 Å². The van der Waals surface area contributed by atoms with E-state index >= 15 is 0 Å². The third kappa shape index (κ3) is 13.1. The van der Waals surface area contributed by atoms with Gasteiger partial charge in [-0.05, 0) is 66.3 Å². The van der Waals surface area contributed by atoms with E-state index < -0.39 is 0 Å². The van der Waals surface area contributed by atoms with Gasteiger partial charge in [-0.2, -0.15) is 5.06 Å². The van der Waals surface area contributed by atoms with Crippen molar-refractivity contribution in [3.05, 3.63) is 0 Å². The second-order valence-electron chi connectivity index (χ2n) is 13.6. The summed E-state index contributed by atoms with van der Waals surface area (Å²) >= 11 is 0. The molecule has 36 heavy (non-hydrogen) atoms. The minimum atomic E-state index is 0.0888. The molecule has 1 saturated carbocycles. The van der Waals surface area contributed by atoms with Crippen LogP contribution in [-0.4, -0.2) is 34.8 Å². The predicted octanol–water partition coefficient (Wildman–Crippen LogP) is 10.1. The molecule has 1 heterocycles. The molecule has 0 radical (unpaired) electrons. The second kappa shape index (κ2) is 18.2. The number of piperidine rings is 1. The van der Waals surface area contributed by atoms with E-state index in [4.69, 9.17) is 4.84 Å². The summed E-state index contributed by atoms with van der Waals surface area (Å²) in [6.07, 6.45) is 32.4. The van der Waals surface area contributed by atoms with Crippen molar-refractivity contribution in [3.8, 4) is 0 Å².